The van der Waals surface area contributed by atoms with Gasteiger partial charge in [0.05, 0.1) is 6.61 Å². The fourth-order valence-corrected chi connectivity index (χ4v) is 4.55. The second-order valence-electron chi connectivity index (χ2n) is 8.72. The van der Waals surface area contributed by atoms with E-state index in [0.717, 1.165) is 46.3 Å². The minimum absolute atomic E-state index is 0. The molecule has 2 aromatic carbocycles. The number of hydrogen-bond acceptors (Lipinski definition) is 2. The number of carbonyl (C=O) groups is 1. The molecule has 0 bridgehead atoms. The third kappa shape index (κ3) is 7.29. The Morgan fingerprint density at radius 1 is 0.966 bits per heavy atom. The van der Waals surface area contributed by atoms with Gasteiger partial charge in [0.25, 0.3) is 0 Å². The van der Waals surface area contributed by atoms with Crippen LogP contribution >= 0.6 is 8.58 Å². The van der Waals surface area contributed by atoms with E-state index < -0.39 is 0 Å². The summed E-state index contributed by atoms with van der Waals surface area (Å²) in [7, 11) is 0.135. The number of aryl methyl sites for hydroxylation is 3. The minimum atomic E-state index is 0. The van der Waals surface area contributed by atoms with Crippen molar-refractivity contribution in [1.29, 1.82) is 0 Å². The molecule has 1 radical (unpaired) electrons. The van der Waals surface area contributed by atoms with E-state index in [2.05, 4.69) is 72.7 Å². The number of carbonyl (C=O) groups excluding carboxylic acids is 1. The van der Waals surface area contributed by atoms with Crippen molar-refractivity contribution in [3.05, 3.63) is 58.1 Å². The van der Waals surface area contributed by atoms with Gasteiger partial charge in [-0.05, 0) is 80.9 Å². The van der Waals surface area contributed by atoms with Crippen LogP contribution in [0, 0.1) is 20.8 Å². The molecule has 0 amide bonds. The fourth-order valence-electron chi connectivity index (χ4n) is 3.35. The van der Waals surface area contributed by atoms with Crippen molar-refractivity contribution < 1.29 is 9.53 Å². The van der Waals surface area contributed by atoms with E-state index in [1.54, 1.807) is 0 Å². The molecule has 153 valence electrons. The summed E-state index contributed by atoms with van der Waals surface area (Å²) in [5.41, 5.74) is 5.75. The molecule has 29 heavy (non-hydrogen) atoms. The first-order valence-electron chi connectivity index (χ1n) is 10.3. The molecule has 0 aromatic heterocycles. The van der Waals surface area contributed by atoms with Crippen molar-refractivity contribution in [3.8, 4) is 5.75 Å². The molecule has 0 aliphatic heterocycles. The van der Waals surface area contributed by atoms with Crippen LogP contribution in [0.3, 0.4) is 0 Å². The largest absolute Gasteiger partial charge is 0.494 e. The Kier molecular flexibility index (Phi) is 10.2. The van der Waals surface area contributed by atoms with E-state index in [-0.39, 0.29) is 38.4 Å². The maximum absolute atomic E-state index is 13.1. The number of ether oxygens (including phenoxy) is 1. The Bertz CT molecular complexity index is 814. The molecule has 0 saturated carbocycles. The van der Waals surface area contributed by atoms with Crippen molar-refractivity contribution in [2.75, 3.05) is 6.61 Å². The van der Waals surface area contributed by atoms with Crippen LogP contribution in [-0.2, 0) is 5.41 Å². The van der Waals surface area contributed by atoms with Crippen molar-refractivity contribution in [2.24, 2.45) is 0 Å². The molecule has 2 aromatic rings. The van der Waals surface area contributed by atoms with Gasteiger partial charge in [-0.3, -0.25) is 4.79 Å². The van der Waals surface area contributed by atoms with Gasteiger partial charge in [-0.2, -0.15) is 0 Å². The molecule has 0 heterocycles. The summed E-state index contributed by atoms with van der Waals surface area (Å²) in [6.07, 6.45) is 3.47. The number of hydrogen-bond donors (Lipinski definition) is 0. The average molecular weight is 405 g/mol. The monoisotopic (exact) mass is 405 g/mol. The Hall–Kier alpha value is -1.06. The van der Waals surface area contributed by atoms with Crippen LogP contribution in [0.1, 0.15) is 79.6 Å². The van der Waals surface area contributed by atoms with Gasteiger partial charge in [0, 0.05) is 24.4 Å². The van der Waals surface area contributed by atoms with Crippen molar-refractivity contribution in [3.63, 3.8) is 0 Å². The summed E-state index contributed by atoms with van der Waals surface area (Å²) >= 11 is 0. The molecule has 1 unspecified atom stereocenters. The molecule has 2 rings (SSSR count). The van der Waals surface area contributed by atoms with E-state index in [4.69, 9.17) is 4.74 Å². The van der Waals surface area contributed by atoms with Crippen molar-refractivity contribution in [2.45, 2.75) is 73.1 Å². The van der Waals surface area contributed by atoms with E-state index in [1.165, 1.54) is 18.4 Å². The van der Waals surface area contributed by atoms with Gasteiger partial charge in [-0.15, -0.1) is 0 Å². The SMILES string of the molecule is CCCCCOc1ccc(PC(=O)c2c(C)cc(C(C)(C)C)cc2C)c(C)c1.[Li]. The summed E-state index contributed by atoms with van der Waals surface area (Å²) in [6, 6.07) is 10.4. The smallest absolute Gasteiger partial charge is 0.186 e. The summed E-state index contributed by atoms with van der Waals surface area (Å²) < 4.78 is 5.83. The minimum Gasteiger partial charge on any atom is -0.494 e. The first-order chi connectivity index (χ1) is 13.1. The molecule has 0 fully saturated rings. The van der Waals surface area contributed by atoms with E-state index >= 15 is 0 Å². The summed E-state index contributed by atoms with van der Waals surface area (Å²) in [6.45, 7) is 15.7. The van der Waals surface area contributed by atoms with Gasteiger partial charge >= 0.3 is 0 Å². The van der Waals surface area contributed by atoms with Crippen LogP contribution in [0.15, 0.2) is 30.3 Å². The maximum Gasteiger partial charge on any atom is 0.186 e. The van der Waals surface area contributed by atoms with Crippen LogP contribution in [0.2, 0.25) is 0 Å². The predicted octanol–water partition coefficient (Wildman–Crippen LogP) is 6.24. The Morgan fingerprint density at radius 3 is 2.10 bits per heavy atom. The maximum atomic E-state index is 13.1. The Balaban J connectivity index is 0.00000420. The molecule has 0 N–H and O–H groups in total. The zero-order chi connectivity index (χ0) is 20.9. The topological polar surface area (TPSA) is 26.3 Å². The van der Waals surface area contributed by atoms with E-state index in [1.807, 2.05) is 6.07 Å². The van der Waals surface area contributed by atoms with Gasteiger partial charge in [-0.1, -0.05) is 58.7 Å². The summed E-state index contributed by atoms with van der Waals surface area (Å²) in [5, 5.41) is 1.10. The zero-order valence-corrected chi connectivity index (χ0v) is 20.5. The Morgan fingerprint density at radius 2 is 1.59 bits per heavy atom. The summed E-state index contributed by atoms with van der Waals surface area (Å²) in [5.74, 6) is 0.900. The molecule has 1 atom stereocenters. The van der Waals surface area contributed by atoms with Gasteiger partial charge in [0.15, 0.2) is 5.52 Å². The number of rotatable bonds is 8. The second kappa shape index (κ2) is 11.4. The van der Waals surface area contributed by atoms with Gasteiger partial charge in [-0.25, -0.2) is 0 Å². The van der Waals surface area contributed by atoms with Gasteiger partial charge < -0.3 is 4.74 Å². The number of benzene rings is 2. The molecule has 0 spiro atoms. The molecule has 0 saturated heterocycles. The summed E-state index contributed by atoms with van der Waals surface area (Å²) in [4.78, 5) is 13.1. The zero-order valence-electron chi connectivity index (χ0n) is 19.5. The fraction of sp³-hybridized carbons (Fsp3) is 0.480. The van der Waals surface area contributed by atoms with Gasteiger partial charge in [0.2, 0.25) is 0 Å². The third-order valence-corrected chi connectivity index (χ3v) is 6.40. The first-order valence-corrected chi connectivity index (χ1v) is 11.3. The average Bonchev–Trinajstić information content (AvgIpc) is 2.59. The standard InChI is InChI=1S/C25H35O2P.Li/c1-8-9-10-13-27-21-11-12-22(17(2)16-21)28-24(26)23-18(3)14-20(15-19(23)4)25(5,6)7;/h11-12,14-16,28H,8-10,13H2,1-7H3;. The van der Waals surface area contributed by atoms with Crippen molar-refractivity contribution in [1.82, 2.24) is 0 Å². The molecular formula is C25H35LiO2P. The van der Waals surface area contributed by atoms with Crippen molar-refractivity contribution >= 4 is 38.3 Å². The third-order valence-electron chi connectivity index (χ3n) is 5.09. The second-order valence-corrected chi connectivity index (χ2v) is 9.96. The molecule has 2 nitrogen and oxygen atoms in total. The van der Waals surface area contributed by atoms with Crippen LogP contribution in [0.4, 0.5) is 0 Å². The Labute approximate surface area is 191 Å². The quantitative estimate of drug-likeness (QED) is 0.295. The van der Waals surface area contributed by atoms with Gasteiger partial charge in [0.1, 0.15) is 5.75 Å². The van der Waals surface area contributed by atoms with Crippen LogP contribution in [-0.4, -0.2) is 31.0 Å². The van der Waals surface area contributed by atoms with Crippen LogP contribution in [0.25, 0.3) is 0 Å². The van der Waals surface area contributed by atoms with E-state index in [9.17, 15) is 4.79 Å². The number of unbranched alkanes of at least 4 members (excludes halogenated alkanes) is 2. The predicted molar refractivity (Wildman–Crippen MR) is 129 cm³/mol. The normalized spacial score (nSPS) is 11.6. The first kappa shape index (κ1) is 26.0. The van der Waals surface area contributed by atoms with E-state index in [0.29, 0.717) is 0 Å². The van der Waals surface area contributed by atoms with Crippen LogP contribution in [0.5, 0.6) is 5.75 Å². The molecule has 0 aliphatic carbocycles. The molecule has 0 aliphatic rings. The molecular weight excluding hydrogens is 370 g/mol. The van der Waals surface area contributed by atoms with Crippen LogP contribution < -0.4 is 10.0 Å². The molecule has 4 heteroatoms.